The Hall–Kier alpha value is -2.09. The zero-order valence-electron chi connectivity index (χ0n) is 32.4. The summed E-state index contributed by atoms with van der Waals surface area (Å²) in [4.78, 5) is 48.4. The first-order chi connectivity index (χ1) is 23.4. The number of fused-ring (bicyclic) bond motifs is 1. The minimum Gasteiger partial charge on any atom is -0.458 e. The molecule has 0 aliphatic carbocycles. The number of rotatable bonds is 10. The molecule has 0 aromatic carbocycles. The van der Waals surface area contributed by atoms with Crippen molar-refractivity contribution in [2.24, 2.45) is 28.8 Å². The van der Waals surface area contributed by atoms with Crippen molar-refractivity contribution >= 4 is 29.6 Å². The minimum absolute atomic E-state index is 0.0210. The van der Waals surface area contributed by atoms with Gasteiger partial charge in [-0.1, -0.05) is 39.7 Å². The smallest absolute Gasteiger partial charge is 0.410 e. The van der Waals surface area contributed by atoms with Gasteiger partial charge < -0.3 is 28.6 Å². The fraction of sp³-hybridized carbons (Fsp3) is 0.917. The number of carbonyl (C=O) groups excluding carboxylic acids is 3. The fourth-order valence-corrected chi connectivity index (χ4v) is 9.69. The van der Waals surface area contributed by atoms with Gasteiger partial charge in [0.15, 0.2) is 17.7 Å². The van der Waals surface area contributed by atoms with Gasteiger partial charge in [0.05, 0.1) is 23.9 Å². The van der Waals surface area contributed by atoms with Crippen LogP contribution in [0.25, 0.3) is 10.4 Å². The third kappa shape index (κ3) is 9.46. The highest BCUT2D eigenvalue weighted by Gasteiger charge is 2.58. The van der Waals surface area contributed by atoms with Crippen LogP contribution in [0.5, 0.6) is 0 Å². The van der Waals surface area contributed by atoms with Crippen molar-refractivity contribution < 1.29 is 38.1 Å². The summed E-state index contributed by atoms with van der Waals surface area (Å²) in [7, 11) is 5.77. The van der Waals surface area contributed by atoms with Gasteiger partial charge in [-0.2, -0.15) is 11.8 Å². The van der Waals surface area contributed by atoms with Crippen LogP contribution in [-0.2, 0) is 33.3 Å². The maximum atomic E-state index is 14.3. The molecule has 0 aromatic rings. The van der Waals surface area contributed by atoms with Gasteiger partial charge in [-0.25, -0.2) is 4.79 Å². The first kappa shape index (κ1) is 42.3. The molecular formula is C36H63N5O8S. The number of esters is 1. The molecule has 0 saturated carbocycles. The normalized spacial score (nSPS) is 40.7. The number of ketones is 1. The van der Waals surface area contributed by atoms with E-state index in [1.165, 1.54) is 0 Å². The van der Waals surface area contributed by atoms with E-state index in [9.17, 15) is 14.4 Å². The lowest BCUT2D eigenvalue weighted by Crippen LogP contribution is -2.57. The first-order valence-electron chi connectivity index (χ1n) is 18.3. The van der Waals surface area contributed by atoms with Crippen LogP contribution >= 0.6 is 11.8 Å². The molecule has 0 N–H and O–H groups in total. The molecule has 0 aromatic heterocycles. The Balaban J connectivity index is 2.02. The van der Waals surface area contributed by atoms with Crippen LogP contribution in [0.15, 0.2) is 5.11 Å². The van der Waals surface area contributed by atoms with Crippen LogP contribution in [0.3, 0.4) is 0 Å². The lowest BCUT2D eigenvalue weighted by Gasteiger charge is -2.47. The van der Waals surface area contributed by atoms with Crippen LogP contribution < -0.4 is 0 Å². The fourth-order valence-electron chi connectivity index (χ4n) is 8.34. The van der Waals surface area contributed by atoms with Gasteiger partial charge in [-0.3, -0.25) is 14.5 Å². The second kappa shape index (κ2) is 18.1. The van der Waals surface area contributed by atoms with Crippen LogP contribution in [0.1, 0.15) is 94.4 Å². The van der Waals surface area contributed by atoms with E-state index in [-0.39, 0.29) is 35.0 Å². The van der Waals surface area contributed by atoms with E-state index in [2.05, 4.69) is 49.8 Å². The SMILES string of the molecule is CC[C@H]1OC(=O)[C@H](C)C(=O)[C@@H](C)[C@@H](O[C@@H]2O[C@H](C)CC(N(C)C)C2C)[C@](C)(OC)C[C@@H](C)CS[C@H](C)[C@H]2N(CCCCN=[N+]=[N-])C(=O)O[C@]12C. The molecule has 3 aliphatic rings. The zero-order valence-corrected chi connectivity index (χ0v) is 33.2. The summed E-state index contributed by atoms with van der Waals surface area (Å²) in [6.45, 7) is 18.3. The largest absolute Gasteiger partial charge is 0.458 e. The highest BCUT2D eigenvalue weighted by molar-refractivity contribution is 7.99. The maximum Gasteiger partial charge on any atom is 0.410 e. The van der Waals surface area contributed by atoms with Gasteiger partial charge in [0, 0.05) is 48.2 Å². The van der Waals surface area contributed by atoms with Crippen LogP contribution in [0.2, 0.25) is 0 Å². The number of Topliss-reactive ketones (excluding diaryl/α,β-unsaturated/α-hetero) is 1. The first-order valence-corrected chi connectivity index (χ1v) is 19.4. The van der Waals surface area contributed by atoms with E-state index in [1.54, 1.807) is 37.6 Å². The van der Waals surface area contributed by atoms with Crippen molar-refractivity contribution in [1.82, 2.24) is 9.80 Å². The van der Waals surface area contributed by atoms with Gasteiger partial charge in [-0.15, -0.1) is 0 Å². The number of cyclic esters (lactones) is 1. The molecule has 13 nitrogen and oxygen atoms in total. The average molecular weight is 726 g/mol. The lowest BCUT2D eigenvalue weighted by molar-refractivity contribution is -0.280. The highest BCUT2D eigenvalue weighted by Crippen LogP contribution is 2.43. The van der Waals surface area contributed by atoms with E-state index >= 15 is 0 Å². The molecular weight excluding hydrogens is 662 g/mol. The second-order valence-corrected chi connectivity index (χ2v) is 16.9. The van der Waals surface area contributed by atoms with E-state index in [1.807, 2.05) is 27.7 Å². The van der Waals surface area contributed by atoms with E-state index in [4.69, 9.17) is 29.2 Å². The number of hydrogen-bond donors (Lipinski definition) is 0. The van der Waals surface area contributed by atoms with Gasteiger partial charge in [0.25, 0.3) is 0 Å². The molecule has 3 rings (SSSR count). The number of azide groups is 1. The van der Waals surface area contributed by atoms with E-state index in [0.29, 0.717) is 38.8 Å². The Bertz CT molecular complexity index is 1220. The molecule has 14 heteroatoms. The van der Waals surface area contributed by atoms with Gasteiger partial charge in [0.2, 0.25) is 0 Å². The number of nitrogens with zero attached hydrogens (tertiary/aromatic N) is 5. The van der Waals surface area contributed by atoms with Gasteiger partial charge in [-0.05, 0) is 91.1 Å². The molecule has 0 spiro atoms. The predicted octanol–water partition coefficient (Wildman–Crippen LogP) is 6.47. The van der Waals surface area contributed by atoms with Crippen LogP contribution in [-0.4, -0.2) is 121 Å². The summed E-state index contributed by atoms with van der Waals surface area (Å²) in [6, 6.07) is -0.191. The Morgan fingerprint density at radius 1 is 1.10 bits per heavy atom. The molecule has 3 aliphatic heterocycles. The van der Waals surface area contributed by atoms with Crippen molar-refractivity contribution in [2.75, 3.05) is 40.0 Å². The Morgan fingerprint density at radius 3 is 2.38 bits per heavy atom. The third-order valence-corrected chi connectivity index (χ3v) is 12.8. The predicted molar refractivity (Wildman–Crippen MR) is 194 cm³/mol. The molecule has 13 atom stereocenters. The molecule has 3 heterocycles. The summed E-state index contributed by atoms with van der Waals surface area (Å²) in [5.74, 6) is -1.92. The summed E-state index contributed by atoms with van der Waals surface area (Å²) >= 11 is 1.74. The summed E-state index contributed by atoms with van der Waals surface area (Å²) in [5.41, 5.74) is 6.61. The van der Waals surface area contributed by atoms with Crippen LogP contribution in [0.4, 0.5) is 4.79 Å². The lowest BCUT2D eigenvalue weighted by atomic mass is 9.78. The van der Waals surface area contributed by atoms with E-state index < -0.39 is 59.6 Å². The number of carbonyl (C=O) groups is 3. The Morgan fingerprint density at radius 2 is 1.78 bits per heavy atom. The second-order valence-electron chi connectivity index (χ2n) is 15.5. The molecule has 2 unspecified atom stereocenters. The summed E-state index contributed by atoms with van der Waals surface area (Å²) < 4.78 is 31.8. The van der Waals surface area contributed by atoms with Gasteiger partial charge in [0.1, 0.15) is 12.0 Å². The number of unbranched alkanes of at least 4 members (excludes halogenated alkanes) is 1. The topological polar surface area (TPSA) is 153 Å². The Labute approximate surface area is 303 Å². The monoisotopic (exact) mass is 725 g/mol. The highest BCUT2D eigenvalue weighted by atomic mass is 32.2. The van der Waals surface area contributed by atoms with Crippen molar-refractivity contribution in [2.45, 2.75) is 148 Å². The van der Waals surface area contributed by atoms with Crippen molar-refractivity contribution in [3.63, 3.8) is 0 Å². The standard InChI is InChI=1S/C36H63N5O8S/c1-13-28-36(9)30(41(34(44)49-36)17-15-14-16-38-39-37)26(7)50-20-21(2)19-35(8,45-12)31(24(5)29(42)25(6)32(43)47-28)48-33-23(4)27(40(10)11)18-22(3)46-33/h21-28,30-31,33H,13-20H2,1-12H3/t21-,22-,23?,24-,25-,26-,27?,28-,30-,31-,33+,35-,36-/m1/s1. The molecule has 0 bridgehead atoms. The Kier molecular flexibility index (Phi) is 15.3. The number of ether oxygens (including phenoxy) is 5. The van der Waals surface area contributed by atoms with E-state index in [0.717, 1.165) is 12.2 Å². The number of thioether (sulfide) groups is 1. The summed E-state index contributed by atoms with van der Waals surface area (Å²) in [6.07, 6.45) is 0.494. The van der Waals surface area contributed by atoms with Crippen LogP contribution in [0, 0.1) is 23.7 Å². The molecule has 3 fully saturated rings. The maximum absolute atomic E-state index is 14.3. The molecule has 286 valence electrons. The minimum atomic E-state index is -1.16. The molecule has 0 radical (unpaired) electrons. The van der Waals surface area contributed by atoms with Crippen molar-refractivity contribution in [3.8, 4) is 0 Å². The molecule has 1 amide bonds. The zero-order chi connectivity index (χ0) is 37.6. The summed E-state index contributed by atoms with van der Waals surface area (Å²) in [5, 5.41) is 3.53. The van der Waals surface area contributed by atoms with Crippen molar-refractivity contribution in [3.05, 3.63) is 10.4 Å². The third-order valence-electron chi connectivity index (χ3n) is 11.2. The van der Waals surface area contributed by atoms with Crippen molar-refractivity contribution in [1.29, 1.82) is 0 Å². The van der Waals surface area contributed by atoms with Gasteiger partial charge >= 0.3 is 12.1 Å². The number of methoxy groups -OCH3 is 1. The number of hydrogen-bond acceptors (Lipinski definition) is 11. The average Bonchev–Trinajstić information content (AvgIpc) is 3.33. The molecule has 3 saturated heterocycles. The quantitative estimate of drug-likeness (QED) is 0.0612. The molecule has 50 heavy (non-hydrogen) atoms. The number of amides is 1.